The van der Waals surface area contributed by atoms with Crippen molar-refractivity contribution in [3.63, 3.8) is 0 Å². The highest BCUT2D eigenvalue weighted by Crippen LogP contribution is 2.18. The van der Waals surface area contributed by atoms with E-state index in [1.165, 1.54) is 18.5 Å². The van der Waals surface area contributed by atoms with Gasteiger partial charge in [-0.15, -0.1) is 0 Å². The first-order valence-corrected chi connectivity index (χ1v) is 7.95. The van der Waals surface area contributed by atoms with Gasteiger partial charge in [0.05, 0.1) is 0 Å². The van der Waals surface area contributed by atoms with Crippen LogP contribution in [0.4, 0.5) is 5.69 Å². The molecule has 0 aliphatic carbocycles. The number of hydrogen-bond acceptors (Lipinski definition) is 2. The zero-order valence-corrected chi connectivity index (χ0v) is 14.0. The van der Waals surface area contributed by atoms with Crippen LogP contribution in [0.25, 0.3) is 0 Å². The zero-order valence-electron chi connectivity index (χ0n) is 13.2. The van der Waals surface area contributed by atoms with Crippen molar-refractivity contribution < 1.29 is 0 Å². The molecular weight excluding hydrogens is 264 g/mol. The number of nitrogens with two attached hydrogens (primary N) is 1. The van der Waals surface area contributed by atoms with E-state index in [0.29, 0.717) is 4.99 Å². The Balaban J connectivity index is 2.76. The summed E-state index contributed by atoms with van der Waals surface area (Å²) >= 11 is 5.01. The standard InChI is InChI=1S/C17H28N2S/c1-13(2)9-11-19(12-10-14(3)4)16-7-5-15(6-8-16)17(18)20/h5-8,13-14H,9-12H2,1-4H3,(H2,18,20). The maximum absolute atomic E-state index is 5.65. The second kappa shape index (κ2) is 8.25. The number of thiocarbonyl (C=S) groups is 1. The van der Waals surface area contributed by atoms with Gasteiger partial charge < -0.3 is 10.6 Å². The molecule has 0 fully saturated rings. The molecule has 112 valence electrons. The van der Waals surface area contributed by atoms with Crippen LogP contribution in [0.5, 0.6) is 0 Å². The van der Waals surface area contributed by atoms with Gasteiger partial charge in [0.1, 0.15) is 4.99 Å². The normalized spacial score (nSPS) is 11.1. The molecule has 1 aromatic carbocycles. The topological polar surface area (TPSA) is 29.3 Å². The summed E-state index contributed by atoms with van der Waals surface area (Å²) < 4.78 is 0. The van der Waals surface area contributed by atoms with Crippen LogP contribution in [0, 0.1) is 11.8 Å². The Hall–Kier alpha value is -1.09. The van der Waals surface area contributed by atoms with E-state index in [0.717, 1.165) is 30.5 Å². The fourth-order valence-electron chi connectivity index (χ4n) is 2.03. The Morgan fingerprint density at radius 2 is 1.45 bits per heavy atom. The van der Waals surface area contributed by atoms with E-state index >= 15 is 0 Å². The minimum Gasteiger partial charge on any atom is -0.389 e. The van der Waals surface area contributed by atoms with Crippen LogP contribution in [0.15, 0.2) is 24.3 Å². The van der Waals surface area contributed by atoms with Crippen molar-refractivity contribution in [1.29, 1.82) is 0 Å². The predicted molar refractivity (Wildman–Crippen MR) is 93.5 cm³/mol. The molecule has 0 amide bonds. The predicted octanol–water partition coefficient (Wildman–Crippen LogP) is 4.22. The van der Waals surface area contributed by atoms with Crippen molar-refractivity contribution in [2.75, 3.05) is 18.0 Å². The third-order valence-electron chi connectivity index (χ3n) is 3.47. The van der Waals surface area contributed by atoms with Crippen molar-refractivity contribution in [1.82, 2.24) is 0 Å². The monoisotopic (exact) mass is 292 g/mol. The third-order valence-corrected chi connectivity index (χ3v) is 3.71. The van der Waals surface area contributed by atoms with Crippen LogP contribution in [-0.4, -0.2) is 18.1 Å². The molecule has 1 aromatic rings. The molecule has 0 radical (unpaired) electrons. The third kappa shape index (κ3) is 5.91. The van der Waals surface area contributed by atoms with Crippen LogP contribution in [0.1, 0.15) is 46.1 Å². The zero-order chi connectivity index (χ0) is 15.1. The molecule has 1 rings (SSSR count). The van der Waals surface area contributed by atoms with Gasteiger partial charge in [0.15, 0.2) is 0 Å². The molecule has 0 bridgehead atoms. The van der Waals surface area contributed by atoms with Gasteiger partial charge in [0, 0.05) is 24.3 Å². The summed E-state index contributed by atoms with van der Waals surface area (Å²) in [6.45, 7) is 11.3. The van der Waals surface area contributed by atoms with E-state index in [1.54, 1.807) is 0 Å². The second-order valence-corrected chi connectivity index (χ2v) is 6.70. The van der Waals surface area contributed by atoms with Crippen LogP contribution < -0.4 is 10.6 Å². The van der Waals surface area contributed by atoms with Gasteiger partial charge in [-0.05, 0) is 48.9 Å². The van der Waals surface area contributed by atoms with E-state index in [4.69, 9.17) is 18.0 Å². The smallest absolute Gasteiger partial charge is 0.103 e. The Kier molecular flexibility index (Phi) is 7.00. The number of hydrogen-bond donors (Lipinski definition) is 1. The molecule has 0 aliphatic heterocycles. The lowest BCUT2D eigenvalue weighted by molar-refractivity contribution is 0.535. The number of nitrogens with zero attached hydrogens (tertiary/aromatic N) is 1. The van der Waals surface area contributed by atoms with Crippen LogP contribution in [0.3, 0.4) is 0 Å². The largest absolute Gasteiger partial charge is 0.389 e. The Morgan fingerprint density at radius 3 is 1.80 bits per heavy atom. The van der Waals surface area contributed by atoms with Crippen LogP contribution >= 0.6 is 12.2 Å². The second-order valence-electron chi connectivity index (χ2n) is 6.26. The fourth-order valence-corrected chi connectivity index (χ4v) is 2.17. The van der Waals surface area contributed by atoms with E-state index < -0.39 is 0 Å². The van der Waals surface area contributed by atoms with Gasteiger partial charge >= 0.3 is 0 Å². The van der Waals surface area contributed by atoms with Gasteiger partial charge in [-0.1, -0.05) is 39.9 Å². The summed E-state index contributed by atoms with van der Waals surface area (Å²) in [7, 11) is 0. The molecule has 3 heteroatoms. The highest BCUT2D eigenvalue weighted by Gasteiger charge is 2.09. The van der Waals surface area contributed by atoms with E-state index in [-0.39, 0.29) is 0 Å². The molecule has 2 nitrogen and oxygen atoms in total. The van der Waals surface area contributed by atoms with Crippen molar-refractivity contribution in [3.05, 3.63) is 29.8 Å². The first-order chi connectivity index (χ1) is 9.40. The molecule has 0 unspecified atom stereocenters. The first kappa shape index (κ1) is 17.0. The highest BCUT2D eigenvalue weighted by molar-refractivity contribution is 7.80. The molecule has 0 saturated heterocycles. The number of anilines is 1. The molecule has 0 aliphatic rings. The summed E-state index contributed by atoms with van der Waals surface area (Å²) in [4.78, 5) is 2.94. The number of benzene rings is 1. The molecule has 0 saturated carbocycles. The van der Waals surface area contributed by atoms with Gasteiger partial charge in [-0.2, -0.15) is 0 Å². The van der Waals surface area contributed by atoms with Gasteiger partial charge in [0.25, 0.3) is 0 Å². The molecule has 0 aromatic heterocycles. The van der Waals surface area contributed by atoms with E-state index in [9.17, 15) is 0 Å². The molecule has 0 spiro atoms. The van der Waals surface area contributed by atoms with Crippen molar-refractivity contribution >= 4 is 22.9 Å². The van der Waals surface area contributed by atoms with E-state index in [1.807, 2.05) is 12.1 Å². The molecule has 0 heterocycles. The quantitative estimate of drug-likeness (QED) is 0.727. The highest BCUT2D eigenvalue weighted by atomic mass is 32.1. The first-order valence-electron chi connectivity index (χ1n) is 7.55. The minimum absolute atomic E-state index is 0.465. The molecule has 0 atom stereocenters. The summed E-state index contributed by atoms with van der Waals surface area (Å²) in [6, 6.07) is 8.31. The summed E-state index contributed by atoms with van der Waals surface area (Å²) in [5.41, 5.74) is 7.87. The number of rotatable bonds is 8. The molecule has 2 N–H and O–H groups in total. The SMILES string of the molecule is CC(C)CCN(CCC(C)C)c1ccc(C(N)=S)cc1. The van der Waals surface area contributed by atoms with Crippen molar-refractivity contribution in [2.24, 2.45) is 17.6 Å². The van der Waals surface area contributed by atoms with Gasteiger partial charge in [-0.25, -0.2) is 0 Å². The van der Waals surface area contributed by atoms with E-state index in [2.05, 4.69) is 44.7 Å². The summed E-state index contributed by atoms with van der Waals surface area (Å²) in [5, 5.41) is 0. The van der Waals surface area contributed by atoms with Crippen LogP contribution in [-0.2, 0) is 0 Å². The average molecular weight is 292 g/mol. The van der Waals surface area contributed by atoms with Crippen molar-refractivity contribution in [2.45, 2.75) is 40.5 Å². The summed E-state index contributed by atoms with van der Waals surface area (Å²) in [6.07, 6.45) is 2.43. The lowest BCUT2D eigenvalue weighted by Crippen LogP contribution is -2.27. The minimum atomic E-state index is 0.465. The van der Waals surface area contributed by atoms with Gasteiger partial charge in [-0.3, -0.25) is 0 Å². The lowest BCUT2D eigenvalue weighted by atomic mass is 10.1. The van der Waals surface area contributed by atoms with Crippen LogP contribution in [0.2, 0.25) is 0 Å². The fraction of sp³-hybridized carbons (Fsp3) is 0.588. The summed E-state index contributed by atoms with van der Waals surface area (Å²) in [5.74, 6) is 1.46. The Labute approximate surface area is 129 Å². The molecule has 20 heavy (non-hydrogen) atoms. The maximum Gasteiger partial charge on any atom is 0.103 e. The Morgan fingerprint density at radius 1 is 1.00 bits per heavy atom. The average Bonchev–Trinajstić information content (AvgIpc) is 2.38. The van der Waals surface area contributed by atoms with Crippen molar-refractivity contribution in [3.8, 4) is 0 Å². The lowest BCUT2D eigenvalue weighted by Gasteiger charge is -2.26. The van der Waals surface area contributed by atoms with Gasteiger partial charge in [0.2, 0.25) is 0 Å². The molecular formula is C17H28N2S. The Bertz CT molecular complexity index is 398. The maximum atomic E-state index is 5.65.